The lowest BCUT2D eigenvalue weighted by Crippen LogP contribution is -2.59. The number of nitrogens with zero attached hydrogens (tertiary/aromatic N) is 4. The molecule has 2 heterocycles. The third-order valence-corrected chi connectivity index (χ3v) is 6.75. The molecule has 10 heteroatoms. The van der Waals surface area contributed by atoms with Gasteiger partial charge in [0.25, 0.3) is 5.91 Å². The summed E-state index contributed by atoms with van der Waals surface area (Å²) in [5.74, 6) is -1.25. The number of halogens is 2. The number of azo groups is 1. The predicted molar refractivity (Wildman–Crippen MR) is 93.7 cm³/mol. The maximum Gasteiger partial charge on any atom is 0.274 e. The number of rotatable bonds is 3. The molecule has 0 bridgehead atoms. The highest BCUT2D eigenvalue weighted by molar-refractivity contribution is 7.89. The molecule has 7 nitrogen and oxygen atoms in total. The van der Waals surface area contributed by atoms with Crippen molar-refractivity contribution in [2.24, 2.45) is 10.2 Å². The fourth-order valence-corrected chi connectivity index (χ4v) is 5.11. The Bertz CT molecular complexity index is 903. The van der Waals surface area contributed by atoms with E-state index in [-0.39, 0.29) is 29.7 Å². The first kappa shape index (κ1) is 18.9. The van der Waals surface area contributed by atoms with E-state index in [1.807, 2.05) is 0 Å². The van der Waals surface area contributed by atoms with Gasteiger partial charge in [0.2, 0.25) is 10.0 Å². The Kier molecular flexibility index (Phi) is 5.14. The second kappa shape index (κ2) is 7.05. The Hall–Kier alpha value is -1.84. The van der Waals surface area contributed by atoms with Gasteiger partial charge in [-0.25, -0.2) is 12.8 Å². The Morgan fingerprint density at radius 1 is 1.27 bits per heavy atom. The van der Waals surface area contributed by atoms with Crippen LogP contribution in [0.1, 0.15) is 13.8 Å². The molecular formula is C16H18ClFN4O3S. The Labute approximate surface area is 156 Å². The predicted octanol–water partition coefficient (Wildman–Crippen LogP) is 2.44. The summed E-state index contributed by atoms with van der Waals surface area (Å²) in [7, 11) is -4.09. The van der Waals surface area contributed by atoms with Crippen molar-refractivity contribution in [3.63, 3.8) is 0 Å². The van der Waals surface area contributed by atoms with Crippen LogP contribution < -0.4 is 0 Å². The number of carbonyl (C=O) groups is 1. The summed E-state index contributed by atoms with van der Waals surface area (Å²) in [6, 6.07) is 2.95. The van der Waals surface area contributed by atoms with Crippen LogP contribution in [0.5, 0.6) is 0 Å². The molecule has 0 aromatic heterocycles. The van der Waals surface area contributed by atoms with Gasteiger partial charge in [0, 0.05) is 25.2 Å². The number of carbonyl (C=O) groups excluding carboxylic acids is 1. The molecule has 1 saturated heterocycles. The maximum absolute atomic E-state index is 14.3. The SMILES string of the molecule is C[C@@H]1CN(C(=O)C2=CCN=N2)[C@@H](C)CN1S(=O)(=O)c1cccc(Cl)c1F. The molecule has 140 valence electrons. The zero-order chi connectivity index (χ0) is 19.1. The van der Waals surface area contributed by atoms with Gasteiger partial charge in [0.1, 0.15) is 10.6 Å². The number of piperazine rings is 1. The lowest BCUT2D eigenvalue weighted by atomic mass is 10.1. The molecule has 2 aliphatic heterocycles. The van der Waals surface area contributed by atoms with E-state index < -0.39 is 32.8 Å². The lowest BCUT2D eigenvalue weighted by molar-refractivity contribution is -0.131. The van der Waals surface area contributed by atoms with E-state index in [2.05, 4.69) is 10.2 Å². The fraction of sp³-hybridized carbons (Fsp3) is 0.438. The first-order valence-electron chi connectivity index (χ1n) is 8.08. The standard InChI is InChI=1S/C16H18ClFN4O3S/c1-10-9-22(26(24,25)14-5-3-4-12(17)15(14)18)11(2)8-21(10)16(23)13-6-7-19-20-13/h3-6,10-11H,7-9H2,1-2H3/t10-,11+/m0/s1. The number of benzene rings is 1. The monoisotopic (exact) mass is 400 g/mol. The molecule has 3 rings (SSSR count). The number of hydrogen-bond acceptors (Lipinski definition) is 5. The molecule has 0 unspecified atom stereocenters. The molecule has 1 amide bonds. The maximum atomic E-state index is 14.3. The molecule has 0 N–H and O–H groups in total. The number of sulfonamides is 1. The lowest BCUT2D eigenvalue weighted by Gasteiger charge is -2.43. The summed E-state index contributed by atoms with van der Waals surface area (Å²) in [5.41, 5.74) is 0.265. The normalized spacial score (nSPS) is 24.0. The molecule has 0 saturated carbocycles. The molecule has 0 spiro atoms. The van der Waals surface area contributed by atoms with Crippen LogP contribution in [0.15, 0.2) is 45.1 Å². The Morgan fingerprint density at radius 3 is 2.65 bits per heavy atom. The first-order chi connectivity index (χ1) is 12.2. The van der Waals surface area contributed by atoms with Crippen molar-refractivity contribution in [1.29, 1.82) is 0 Å². The van der Waals surface area contributed by atoms with Gasteiger partial charge in [-0.3, -0.25) is 4.79 Å². The topological polar surface area (TPSA) is 82.4 Å². The summed E-state index contributed by atoms with van der Waals surface area (Å²) >= 11 is 5.72. The Morgan fingerprint density at radius 2 is 2.00 bits per heavy atom. The van der Waals surface area contributed by atoms with Gasteiger partial charge in [-0.1, -0.05) is 17.7 Å². The van der Waals surface area contributed by atoms with E-state index in [1.54, 1.807) is 24.8 Å². The molecule has 1 aromatic carbocycles. The summed E-state index contributed by atoms with van der Waals surface area (Å²) in [6.45, 7) is 4.01. The summed E-state index contributed by atoms with van der Waals surface area (Å²) in [4.78, 5) is 13.6. The Balaban J connectivity index is 1.86. The first-order valence-corrected chi connectivity index (χ1v) is 9.89. The average molecular weight is 401 g/mol. The average Bonchev–Trinajstić information content (AvgIpc) is 3.12. The van der Waals surface area contributed by atoms with Crippen molar-refractivity contribution in [3.05, 3.63) is 40.8 Å². The largest absolute Gasteiger partial charge is 0.332 e. The molecule has 1 aromatic rings. The van der Waals surface area contributed by atoms with Crippen LogP contribution in [-0.4, -0.2) is 55.2 Å². The van der Waals surface area contributed by atoms with Gasteiger partial charge in [-0.15, -0.1) is 0 Å². The minimum absolute atomic E-state index is 0.0472. The van der Waals surface area contributed by atoms with Gasteiger partial charge in [0.15, 0.2) is 5.82 Å². The minimum Gasteiger partial charge on any atom is -0.332 e. The zero-order valence-electron chi connectivity index (χ0n) is 14.3. The molecule has 2 atom stereocenters. The third kappa shape index (κ3) is 3.26. The van der Waals surface area contributed by atoms with E-state index in [9.17, 15) is 17.6 Å². The number of amides is 1. The van der Waals surface area contributed by atoms with Gasteiger partial charge >= 0.3 is 0 Å². The van der Waals surface area contributed by atoms with E-state index in [0.717, 1.165) is 0 Å². The van der Waals surface area contributed by atoms with E-state index in [0.29, 0.717) is 6.54 Å². The minimum atomic E-state index is -4.09. The van der Waals surface area contributed by atoms with Crippen molar-refractivity contribution in [2.75, 3.05) is 19.6 Å². The quantitative estimate of drug-likeness (QED) is 0.781. The van der Waals surface area contributed by atoms with Crippen molar-refractivity contribution < 1.29 is 17.6 Å². The van der Waals surface area contributed by atoms with Gasteiger partial charge in [-0.2, -0.15) is 14.5 Å². The molecule has 0 radical (unpaired) electrons. The van der Waals surface area contributed by atoms with Crippen molar-refractivity contribution in [3.8, 4) is 0 Å². The fourth-order valence-electron chi connectivity index (χ4n) is 3.08. The summed E-state index contributed by atoms with van der Waals surface area (Å²) in [6.07, 6.45) is 1.63. The highest BCUT2D eigenvalue weighted by Crippen LogP contribution is 2.29. The highest BCUT2D eigenvalue weighted by Gasteiger charge is 2.40. The number of hydrogen-bond donors (Lipinski definition) is 0. The summed E-state index contributed by atoms with van der Waals surface area (Å²) < 4.78 is 41.3. The second-order valence-corrected chi connectivity index (χ2v) is 8.56. The van der Waals surface area contributed by atoms with Gasteiger partial charge in [-0.05, 0) is 32.1 Å². The van der Waals surface area contributed by atoms with Crippen molar-refractivity contribution in [1.82, 2.24) is 9.21 Å². The van der Waals surface area contributed by atoms with Gasteiger partial charge in [0.05, 0.1) is 11.6 Å². The third-order valence-electron chi connectivity index (χ3n) is 4.46. The van der Waals surface area contributed by atoms with Gasteiger partial charge < -0.3 is 4.90 Å². The second-order valence-electron chi connectivity index (χ2n) is 6.30. The van der Waals surface area contributed by atoms with E-state index in [4.69, 9.17) is 11.6 Å². The molecule has 1 fully saturated rings. The van der Waals surface area contributed by atoms with Crippen LogP contribution in [0, 0.1) is 5.82 Å². The van der Waals surface area contributed by atoms with Crippen LogP contribution in [0.3, 0.4) is 0 Å². The van der Waals surface area contributed by atoms with Crippen LogP contribution in [-0.2, 0) is 14.8 Å². The molecule has 0 aliphatic carbocycles. The van der Waals surface area contributed by atoms with E-state index >= 15 is 0 Å². The van der Waals surface area contributed by atoms with Crippen molar-refractivity contribution >= 4 is 27.5 Å². The highest BCUT2D eigenvalue weighted by atomic mass is 35.5. The zero-order valence-corrected chi connectivity index (χ0v) is 15.8. The molecule has 26 heavy (non-hydrogen) atoms. The van der Waals surface area contributed by atoms with E-state index in [1.165, 1.54) is 22.5 Å². The van der Waals surface area contributed by atoms with Crippen LogP contribution in [0.4, 0.5) is 4.39 Å². The molecule has 2 aliphatic rings. The molecular weight excluding hydrogens is 383 g/mol. The van der Waals surface area contributed by atoms with Crippen LogP contribution in [0.2, 0.25) is 5.02 Å². The van der Waals surface area contributed by atoms with Crippen LogP contribution >= 0.6 is 11.6 Å². The smallest absolute Gasteiger partial charge is 0.274 e. The van der Waals surface area contributed by atoms with Crippen molar-refractivity contribution in [2.45, 2.75) is 30.8 Å². The van der Waals surface area contributed by atoms with Crippen LogP contribution in [0.25, 0.3) is 0 Å². The summed E-state index contributed by atoms with van der Waals surface area (Å²) in [5, 5.41) is 7.32.